The molecule has 0 radical (unpaired) electrons. The molecule has 0 aliphatic heterocycles. The van der Waals surface area contributed by atoms with Crippen LogP contribution in [0.15, 0.2) is 24.3 Å². The zero-order chi connectivity index (χ0) is 19.6. The molecule has 1 aliphatic rings. The van der Waals surface area contributed by atoms with Crippen molar-refractivity contribution in [2.75, 3.05) is 28.4 Å². The van der Waals surface area contributed by atoms with Crippen molar-refractivity contribution in [1.82, 2.24) is 0 Å². The molecule has 27 heavy (non-hydrogen) atoms. The van der Waals surface area contributed by atoms with E-state index in [2.05, 4.69) is 0 Å². The van der Waals surface area contributed by atoms with E-state index in [-0.39, 0.29) is 5.75 Å². The first-order chi connectivity index (χ1) is 13.0. The van der Waals surface area contributed by atoms with Crippen LogP contribution < -0.4 is 18.9 Å². The molecule has 0 fully saturated rings. The minimum Gasteiger partial charge on any atom is -0.494 e. The van der Waals surface area contributed by atoms with Crippen molar-refractivity contribution < 1.29 is 28.4 Å². The van der Waals surface area contributed by atoms with Gasteiger partial charge in [-0.15, -0.1) is 0 Å². The lowest BCUT2D eigenvalue weighted by molar-refractivity contribution is 0.217. The molecular formula is C21H23FO5. The fraction of sp³-hybridized carbons (Fsp3) is 0.333. The standard InChI is InChI=1S/C21H23FO5/c1-24-18-8-5-12(10-16(18)22)9-15-14-11-19(25-2)21(27-4)20(26-3)13(14)6-7-17(15)23/h5,8-11,17,23H,6-7H2,1-4H3/b15-9+/t17-/m1/s1. The van der Waals surface area contributed by atoms with E-state index < -0.39 is 11.9 Å². The molecule has 3 rings (SSSR count). The van der Waals surface area contributed by atoms with Crippen LogP contribution in [0.3, 0.4) is 0 Å². The third-order valence-electron chi connectivity index (χ3n) is 4.77. The summed E-state index contributed by atoms with van der Waals surface area (Å²) in [7, 11) is 6.10. The smallest absolute Gasteiger partial charge is 0.203 e. The summed E-state index contributed by atoms with van der Waals surface area (Å²) in [6, 6.07) is 6.51. The Morgan fingerprint density at radius 2 is 1.67 bits per heavy atom. The number of ether oxygens (including phenoxy) is 4. The van der Waals surface area contributed by atoms with Gasteiger partial charge in [-0.25, -0.2) is 4.39 Å². The molecule has 0 spiro atoms. The molecule has 2 aromatic carbocycles. The maximum Gasteiger partial charge on any atom is 0.203 e. The number of hydrogen-bond donors (Lipinski definition) is 1. The van der Waals surface area contributed by atoms with Crippen molar-refractivity contribution in [3.63, 3.8) is 0 Å². The third kappa shape index (κ3) is 3.45. The van der Waals surface area contributed by atoms with Gasteiger partial charge in [0.25, 0.3) is 0 Å². The Labute approximate surface area is 157 Å². The number of fused-ring (bicyclic) bond motifs is 1. The molecule has 0 amide bonds. The highest BCUT2D eigenvalue weighted by molar-refractivity contribution is 5.88. The maximum absolute atomic E-state index is 14.1. The van der Waals surface area contributed by atoms with Crippen molar-refractivity contribution in [2.24, 2.45) is 0 Å². The second-order valence-electron chi connectivity index (χ2n) is 6.22. The lowest BCUT2D eigenvalue weighted by atomic mass is 9.83. The van der Waals surface area contributed by atoms with Crippen molar-refractivity contribution in [3.05, 3.63) is 46.8 Å². The first kappa shape index (κ1) is 19.0. The van der Waals surface area contributed by atoms with Crippen LogP contribution in [0.4, 0.5) is 4.39 Å². The summed E-state index contributed by atoms with van der Waals surface area (Å²) in [5.74, 6) is 1.33. The molecule has 0 aromatic heterocycles. The molecule has 0 heterocycles. The second-order valence-corrected chi connectivity index (χ2v) is 6.22. The predicted molar refractivity (Wildman–Crippen MR) is 101 cm³/mol. The number of benzene rings is 2. The van der Waals surface area contributed by atoms with Crippen LogP contribution in [0, 0.1) is 5.82 Å². The van der Waals surface area contributed by atoms with E-state index in [0.29, 0.717) is 41.2 Å². The van der Waals surface area contributed by atoms with Gasteiger partial charge in [-0.2, -0.15) is 0 Å². The van der Waals surface area contributed by atoms with E-state index in [9.17, 15) is 9.50 Å². The zero-order valence-corrected chi connectivity index (χ0v) is 15.8. The lowest BCUT2D eigenvalue weighted by Gasteiger charge is -2.28. The van der Waals surface area contributed by atoms with Crippen molar-refractivity contribution >= 4 is 11.6 Å². The number of halogens is 1. The van der Waals surface area contributed by atoms with Gasteiger partial charge in [0, 0.05) is 5.56 Å². The third-order valence-corrected chi connectivity index (χ3v) is 4.77. The van der Waals surface area contributed by atoms with E-state index in [0.717, 1.165) is 11.1 Å². The van der Waals surface area contributed by atoms with E-state index in [1.54, 1.807) is 39.5 Å². The Hall–Kier alpha value is -2.73. The predicted octanol–water partition coefficient (Wildman–Crippen LogP) is 3.71. The molecule has 0 saturated carbocycles. The van der Waals surface area contributed by atoms with Gasteiger partial charge in [-0.05, 0) is 53.8 Å². The summed E-state index contributed by atoms with van der Waals surface area (Å²) < 4.78 is 35.5. The van der Waals surface area contributed by atoms with Crippen molar-refractivity contribution in [2.45, 2.75) is 18.9 Å². The SMILES string of the molecule is COc1ccc(/C=C2\c3cc(OC)c(OC)c(OC)c3CC[C@H]2O)cc1F. The number of hydrogen-bond acceptors (Lipinski definition) is 5. The molecule has 0 bridgehead atoms. The molecule has 2 aromatic rings. The monoisotopic (exact) mass is 374 g/mol. The highest BCUT2D eigenvalue weighted by Gasteiger charge is 2.29. The number of methoxy groups -OCH3 is 4. The van der Waals surface area contributed by atoms with Crippen LogP contribution in [-0.4, -0.2) is 39.6 Å². The van der Waals surface area contributed by atoms with Crippen LogP contribution in [-0.2, 0) is 6.42 Å². The van der Waals surface area contributed by atoms with Gasteiger partial charge >= 0.3 is 0 Å². The van der Waals surface area contributed by atoms with Gasteiger partial charge in [-0.1, -0.05) is 6.07 Å². The van der Waals surface area contributed by atoms with Gasteiger partial charge in [0.1, 0.15) is 0 Å². The average Bonchev–Trinajstić information content (AvgIpc) is 2.68. The number of aliphatic hydroxyl groups is 1. The molecule has 1 atom stereocenters. The van der Waals surface area contributed by atoms with Gasteiger partial charge in [0.05, 0.1) is 34.5 Å². The fourth-order valence-electron chi connectivity index (χ4n) is 3.46. The van der Waals surface area contributed by atoms with Gasteiger partial charge < -0.3 is 24.1 Å². The highest BCUT2D eigenvalue weighted by atomic mass is 19.1. The van der Waals surface area contributed by atoms with E-state index in [4.69, 9.17) is 18.9 Å². The summed E-state index contributed by atoms with van der Waals surface area (Å²) in [6.07, 6.45) is 2.26. The minimum atomic E-state index is -0.675. The normalized spacial score (nSPS) is 17.4. The summed E-state index contributed by atoms with van der Waals surface area (Å²) >= 11 is 0. The molecule has 0 unspecified atom stereocenters. The summed E-state index contributed by atoms with van der Waals surface area (Å²) in [5, 5.41) is 10.6. The Bertz CT molecular complexity index is 875. The topological polar surface area (TPSA) is 57.2 Å². The molecular weight excluding hydrogens is 351 g/mol. The Balaban J connectivity index is 2.18. The van der Waals surface area contributed by atoms with Crippen molar-refractivity contribution in [1.29, 1.82) is 0 Å². The van der Waals surface area contributed by atoms with E-state index in [1.807, 2.05) is 6.07 Å². The molecule has 5 nitrogen and oxygen atoms in total. The molecule has 1 aliphatic carbocycles. The van der Waals surface area contributed by atoms with Crippen LogP contribution in [0.1, 0.15) is 23.1 Å². The van der Waals surface area contributed by atoms with Crippen LogP contribution in [0.5, 0.6) is 23.0 Å². The van der Waals surface area contributed by atoms with E-state index in [1.165, 1.54) is 13.2 Å². The number of rotatable bonds is 5. The van der Waals surface area contributed by atoms with Crippen LogP contribution in [0.2, 0.25) is 0 Å². The lowest BCUT2D eigenvalue weighted by Crippen LogP contribution is -2.19. The van der Waals surface area contributed by atoms with Gasteiger partial charge in [0.2, 0.25) is 5.75 Å². The summed E-state index contributed by atoms with van der Waals surface area (Å²) in [4.78, 5) is 0. The summed E-state index contributed by atoms with van der Waals surface area (Å²) in [5.41, 5.74) is 3.05. The Morgan fingerprint density at radius 1 is 0.963 bits per heavy atom. The number of aliphatic hydroxyl groups excluding tert-OH is 1. The van der Waals surface area contributed by atoms with E-state index >= 15 is 0 Å². The van der Waals surface area contributed by atoms with Gasteiger partial charge in [0.15, 0.2) is 23.1 Å². The molecule has 144 valence electrons. The molecule has 1 N–H and O–H groups in total. The Kier molecular flexibility index (Phi) is 5.56. The van der Waals surface area contributed by atoms with Crippen LogP contribution >= 0.6 is 0 Å². The minimum absolute atomic E-state index is 0.176. The second kappa shape index (κ2) is 7.88. The zero-order valence-electron chi connectivity index (χ0n) is 15.8. The molecule has 0 saturated heterocycles. The van der Waals surface area contributed by atoms with Crippen LogP contribution in [0.25, 0.3) is 11.6 Å². The Morgan fingerprint density at radius 3 is 2.26 bits per heavy atom. The van der Waals surface area contributed by atoms with Gasteiger partial charge in [-0.3, -0.25) is 0 Å². The fourth-order valence-corrected chi connectivity index (χ4v) is 3.46. The quantitative estimate of drug-likeness (QED) is 0.865. The maximum atomic E-state index is 14.1. The molecule has 6 heteroatoms. The summed E-state index contributed by atoms with van der Waals surface area (Å²) in [6.45, 7) is 0. The first-order valence-electron chi connectivity index (χ1n) is 8.59. The average molecular weight is 374 g/mol. The van der Waals surface area contributed by atoms with Crippen molar-refractivity contribution in [3.8, 4) is 23.0 Å². The largest absolute Gasteiger partial charge is 0.494 e. The first-order valence-corrected chi connectivity index (χ1v) is 8.59. The highest BCUT2D eigenvalue weighted by Crippen LogP contribution is 2.47.